The van der Waals surface area contributed by atoms with Gasteiger partial charge in [0.1, 0.15) is 17.1 Å². The molecule has 0 saturated heterocycles. The first-order chi connectivity index (χ1) is 11.7. The molecule has 3 rings (SSSR count). The fraction of sp³-hybridized carbons (Fsp3) is 0.235. The Hall–Kier alpha value is -2.44. The van der Waals surface area contributed by atoms with Gasteiger partial charge < -0.3 is 24.9 Å². The van der Waals surface area contributed by atoms with Crippen molar-refractivity contribution in [2.75, 3.05) is 32.6 Å². The zero-order chi connectivity index (χ0) is 17.1. The van der Waals surface area contributed by atoms with Crippen molar-refractivity contribution in [1.29, 1.82) is 0 Å². The van der Waals surface area contributed by atoms with E-state index in [0.717, 1.165) is 29.1 Å². The quantitative estimate of drug-likeness (QED) is 0.717. The number of methoxy groups -OCH3 is 2. The maximum Gasteiger partial charge on any atom is 0.141 e. The van der Waals surface area contributed by atoms with Crippen LogP contribution in [0.5, 0.6) is 11.5 Å². The van der Waals surface area contributed by atoms with E-state index in [9.17, 15) is 0 Å². The molecule has 0 aliphatic carbocycles. The molecule has 2 heterocycles. The zero-order valence-corrected chi connectivity index (χ0v) is 14.3. The van der Waals surface area contributed by atoms with Crippen LogP contribution in [0.1, 0.15) is 0 Å². The third-order valence-corrected chi connectivity index (χ3v) is 3.97. The first kappa shape index (κ1) is 16.4. The summed E-state index contributed by atoms with van der Waals surface area (Å²) in [7, 11) is 3.18. The predicted molar refractivity (Wildman–Crippen MR) is 96.3 cm³/mol. The summed E-state index contributed by atoms with van der Waals surface area (Å²) in [5, 5.41) is 3.76. The largest absolute Gasteiger partial charge is 0.496 e. The van der Waals surface area contributed by atoms with E-state index in [1.165, 1.54) is 0 Å². The van der Waals surface area contributed by atoms with Crippen LogP contribution in [-0.4, -0.2) is 36.7 Å². The van der Waals surface area contributed by atoms with Gasteiger partial charge in [-0.05, 0) is 18.2 Å². The van der Waals surface area contributed by atoms with Gasteiger partial charge in [0.2, 0.25) is 0 Å². The van der Waals surface area contributed by atoms with E-state index in [1.54, 1.807) is 26.4 Å². The van der Waals surface area contributed by atoms with E-state index in [4.69, 9.17) is 26.8 Å². The third kappa shape index (κ3) is 3.11. The lowest BCUT2D eigenvalue weighted by atomic mass is 10.1. The van der Waals surface area contributed by atoms with Crippen LogP contribution in [0, 0.1) is 0 Å². The zero-order valence-electron chi connectivity index (χ0n) is 13.5. The highest BCUT2D eigenvalue weighted by atomic mass is 35.5. The van der Waals surface area contributed by atoms with E-state index in [0.29, 0.717) is 23.1 Å². The number of benzene rings is 1. The minimum Gasteiger partial charge on any atom is -0.496 e. The molecule has 0 amide bonds. The summed E-state index contributed by atoms with van der Waals surface area (Å²) in [6.45, 7) is 1.30. The second-order valence-corrected chi connectivity index (χ2v) is 5.62. The van der Waals surface area contributed by atoms with Crippen LogP contribution in [0.25, 0.3) is 16.9 Å². The maximum absolute atomic E-state index is 6.25. The molecule has 3 N–H and O–H groups in total. The molecule has 0 bridgehead atoms. The summed E-state index contributed by atoms with van der Waals surface area (Å²) >= 11 is 6.25. The molecule has 3 aromatic rings. The molecule has 126 valence electrons. The lowest BCUT2D eigenvalue weighted by Gasteiger charge is -2.10. The molecule has 24 heavy (non-hydrogen) atoms. The molecule has 0 unspecified atom stereocenters. The molecular formula is C17H19ClN4O2. The summed E-state index contributed by atoms with van der Waals surface area (Å²) in [6, 6.07) is 7.48. The normalized spacial score (nSPS) is 10.8. The number of hydrogen-bond acceptors (Lipinski definition) is 5. The van der Waals surface area contributed by atoms with Crippen molar-refractivity contribution >= 4 is 22.9 Å². The minimum atomic E-state index is 0.510. The van der Waals surface area contributed by atoms with Crippen LogP contribution in [0.15, 0.2) is 36.7 Å². The van der Waals surface area contributed by atoms with Crippen molar-refractivity contribution in [3.05, 3.63) is 41.7 Å². The number of rotatable bonds is 6. The van der Waals surface area contributed by atoms with Gasteiger partial charge in [0, 0.05) is 37.1 Å². The summed E-state index contributed by atoms with van der Waals surface area (Å²) in [5.41, 5.74) is 8.91. The first-order valence-electron chi connectivity index (χ1n) is 7.51. The Kier molecular flexibility index (Phi) is 4.78. The number of hydrogen-bond donors (Lipinski definition) is 2. The molecule has 0 fully saturated rings. The predicted octanol–water partition coefficient (Wildman–Crippen LogP) is 3.04. The monoisotopic (exact) mass is 346 g/mol. The number of halogens is 1. The molecule has 2 aromatic heterocycles. The molecule has 6 nitrogen and oxygen atoms in total. The van der Waals surface area contributed by atoms with Gasteiger partial charge in [0.05, 0.1) is 30.6 Å². The highest BCUT2D eigenvalue weighted by Gasteiger charge is 2.14. The third-order valence-electron chi connectivity index (χ3n) is 3.67. The van der Waals surface area contributed by atoms with Crippen molar-refractivity contribution in [2.24, 2.45) is 5.73 Å². The summed E-state index contributed by atoms with van der Waals surface area (Å²) < 4.78 is 12.6. The number of imidazole rings is 1. The number of aromatic nitrogens is 2. The van der Waals surface area contributed by atoms with Crippen LogP contribution >= 0.6 is 11.6 Å². The lowest BCUT2D eigenvalue weighted by molar-refractivity contribution is 0.395. The Bertz CT molecular complexity index is 863. The summed E-state index contributed by atoms with van der Waals surface area (Å²) in [4.78, 5) is 4.64. The van der Waals surface area contributed by atoms with Crippen LogP contribution < -0.4 is 20.5 Å². The Balaban J connectivity index is 2.04. The topological polar surface area (TPSA) is 73.8 Å². The second-order valence-electron chi connectivity index (χ2n) is 5.21. The highest BCUT2D eigenvalue weighted by molar-refractivity contribution is 6.32. The van der Waals surface area contributed by atoms with E-state index < -0.39 is 0 Å². The molecule has 0 radical (unpaired) electrons. The van der Waals surface area contributed by atoms with Gasteiger partial charge in [-0.15, -0.1) is 0 Å². The van der Waals surface area contributed by atoms with Gasteiger partial charge in [0.25, 0.3) is 0 Å². The van der Waals surface area contributed by atoms with Gasteiger partial charge in [-0.25, -0.2) is 4.98 Å². The molecule has 1 aromatic carbocycles. The number of ether oxygens (including phenoxy) is 2. The molecule has 0 aliphatic heterocycles. The van der Waals surface area contributed by atoms with E-state index in [2.05, 4.69) is 10.3 Å². The summed E-state index contributed by atoms with van der Waals surface area (Å²) in [5.74, 6) is 1.22. The summed E-state index contributed by atoms with van der Waals surface area (Å²) in [6.07, 6.45) is 3.91. The lowest BCUT2D eigenvalue weighted by Crippen LogP contribution is -2.13. The SMILES string of the molecule is COc1cc(OC)c(-c2cn3cc(NCCN)ccc3n2)cc1Cl. The smallest absolute Gasteiger partial charge is 0.141 e. The number of fused-ring (bicyclic) bond motifs is 1. The molecule has 0 saturated carbocycles. The highest BCUT2D eigenvalue weighted by Crippen LogP contribution is 2.38. The van der Waals surface area contributed by atoms with Crippen molar-refractivity contribution in [3.63, 3.8) is 0 Å². The number of nitrogens with zero attached hydrogens (tertiary/aromatic N) is 2. The van der Waals surface area contributed by atoms with Gasteiger partial charge in [-0.3, -0.25) is 0 Å². The van der Waals surface area contributed by atoms with Crippen LogP contribution in [-0.2, 0) is 0 Å². The van der Waals surface area contributed by atoms with Gasteiger partial charge in [0.15, 0.2) is 0 Å². The minimum absolute atomic E-state index is 0.510. The number of nitrogens with one attached hydrogen (secondary N) is 1. The second kappa shape index (κ2) is 6.98. The number of pyridine rings is 1. The van der Waals surface area contributed by atoms with Crippen molar-refractivity contribution < 1.29 is 9.47 Å². The Morgan fingerprint density at radius 3 is 2.67 bits per heavy atom. The first-order valence-corrected chi connectivity index (χ1v) is 7.88. The molecule has 0 atom stereocenters. The standard InChI is InChI=1S/C17H19ClN4O2/c1-23-15-8-16(24-2)13(18)7-12(15)14-10-22-9-11(20-6-5-19)3-4-17(22)21-14/h3-4,7-10,20H,5-6,19H2,1-2H3. The average molecular weight is 347 g/mol. The fourth-order valence-electron chi connectivity index (χ4n) is 2.50. The Morgan fingerprint density at radius 1 is 1.17 bits per heavy atom. The van der Waals surface area contributed by atoms with Gasteiger partial charge >= 0.3 is 0 Å². The van der Waals surface area contributed by atoms with Crippen LogP contribution in [0.4, 0.5) is 5.69 Å². The maximum atomic E-state index is 6.25. The molecule has 0 spiro atoms. The van der Waals surface area contributed by atoms with Crippen molar-refractivity contribution in [2.45, 2.75) is 0 Å². The number of nitrogens with two attached hydrogens (primary N) is 1. The Morgan fingerprint density at radius 2 is 1.96 bits per heavy atom. The van der Waals surface area contributed by atoms with E-state index in [-0.39, 0.29) is 0 Å². The molecule has 7 heteroatoms. The van der Waals surface area contributed by atoms with Crippen LogP contribution in [0.2, 0.25) is 5.02 Å². The average Bonchev–Trinajstić information content (AvgIpc) is 3.02. The van der Waals surface area contributed by atoms with Crippen molar-refractivity contribution in [1.82, 2.24) is 9.38 Å². The van der Waals surface area contributed by atoms with E-state index in [1.807, 2.05) is 28.9 Å². The van der Waals surface area contributed by atoms with Crippen molar-refractivity contribution in [3.8, 4) is 22.8 Å². The molecule has 0 aliphatic rings. The van der Waals surface area contributed by atoms with E-state index >= 15 is 0 Å². The Labute approximate surface area is 145 Å². The number of anilines is 1. The fourth-order valence-corrected chi connectivity index (χ4v) is 2.74. The van der Waals surface area contributed by atoms with Gasteiger partial charge in [-0.1, -0.05) is 11.6 Å². The molecular weight excluding hydrogens is 328 g/mol. The van der Waals surface area contributed by atoms with Gasteiger partial charge in [-0.2, -0.15) is 0 Å². The van der Waals surface area contributed by atoms with Crippen LogP contribution in [0.3, 0.4) is 0 Å².